The lowest BCUT2D eigenvalue weighted by molar-refractivity contribution is -0.128. The SMILES string of the molecule is Cc1ccc(C(=O)NNC(=O)C(C)Oc2ccc3ccccc3c2)cn1. The molecule has 6 nitrogen and oxygen atoms in total. The fourth-order valence-electron chi connectivity index (χ4n) is 2.39. The molecule has 0 aliphatic carbocycles. The molecule has 2 amide bonds. The van der Waals surface area contributed by atoms with Crippen molar-refractivity contribution in [3.8, 4) is 5.75 Å². The van der Waals surface area contributed by atoms with Crippen molar-refractivity contribution in [2.45, 2.75) is 20.0 Å². The molecule has 0 spiro atoms. The van der Waals surface area contributed by atoms with Gasteiger partial charge in [-0.25, -0.2) is 0 Å². The summed E-state index contributed by atoms with van der Waals surface area (Å²) in [5.74, 6) is -0.309. The average Bonchev–Trinajstić information content (AvgIpc) is 2.66. The van der Waals surface area contributed by atoms with Crippen LogP contribution in [0, 0.1) is 6.92 Å². The van der Waals surface area contributed by atoms with E-state index < -0.39 is 17.9 Å². The number of nitrogens with zero attached hydrogens (tertiary/aromatic N) is 1. The van der Waals surface area contributed by atoms with E-state index in [2.05, 4.69) is 15.8 Å². The molecule has 2 aromatic carbocycles. The Balaban J connectivity index is 1.56. The first-order valence-corrected chi connectivity index (χ1v) is 8.21. The molecule has 1 aromatic heterocycles. The summed E-state index contributed by atoms with van der Waals surface area (Å²) >= 11 is 0. The van der Waals surface area contributed by atoms with E-state index in [1.165, 1.54) is 6.20 Å². The molecule has 0 radical (unpaired) electrons. The number of rotatable bonds is 4. The van der Waals surface area contributed by atoms with E-state index >= 15 is 0 Å². The van der Waals surface area contributed by atoms with Crippen molar-refractivity contribution < 1.29 is 14.3 Å². The van der Waals surface area contributed by atoms with Crippen LogP contribution in [0.2, 0.25) is 0 Å². The number of carbonyl (C=O) groups excluding carboxylic acids is 2. The fourth-order valence-corrected chi connectivity index (χ4v) is 2.39. The van der Waals surface area contributed by atoms with Gasteiger partial charge >= 0.3 is 0 Å². The van der Waals surface area contributed by atoms with E-state index in [1.54, 1.807) is 19.1 Å². The molecule has 0 fully saturated rings. The van der Waals surface area contributed by atoms with Crippen LogP contribution in [0.15, 0.2) is 60.8 Å². The summed E-state index contributed by atoms with van der Waals surface area (Å²) in [7, 11) is 0. The van der Waals surface area contributed by atoms with Gasteiger partial charge in [0.2, 0.25) is 0 Å². The number of benzene rings is 2. The lowest BCUT2D eigenvalue weighted by Gasteiger charge is -2.15. The summed E-state index contributed by atoms with van der Waals surface area (Å²) in [6.45, 7) is 3.44. The van der Waals surface area contributed by atoms with Gasteiger partial charge in [-0.05, 0) is 48.9 Å². The zero-order valence-electron chi connectivity index (χ0n) is 14.5. The van der Waals surface area contributed by atoms with Crippen LogP contribution >= 0.6 is 0 Å². The Hall–Kier alpha value is -3.41. The smallest absolute Gasteiger partial charge is 0.279 e. The quantitative estimate of drug-likeness (QED) is 0.710. The van der Waals surface area contributed by atoms with Crippen molar-refractivity contribution in [1.29, 1.82) is 0 Å². The second kappa shape index (κ2) is 7.65. The van der Waals surface area contributed by atoms with E-state index in [0.29, 0.717) is 11.3 Å². The van der Waals surface area contributed by atoms with E-state index in [-0.39, 0.29) is 0 Å². The standard InChI is InChI=1S/C20H19N3O3/c1-13-7-8-17(12-21-13)20(25)23-22-19(24)14(2)26-18-10-9-15-5-3-4-6-16(15)11-18/h3-12,14H,1-2H3,(H,22,24)(H,23,25). The van der Waals surface area contributed by atoms with Crippen LogP contribution in [-0.4, -0.2) is 22.9 Å². The minimum atomic E-state index is -0.771. The minimum absolute atomic E-state index is 0.360. The van der Waals surface area contributed by atoms with Gasteiger partial charge in [0.25, 0.3) is 11.8 Å². The van der Waals surface area contributed by atoms with Crippen molar-refractivity contribution in [1.82, 2.24) is 15.8 Å². The molecule has 0 bridgehead atoms. The Morgan fingerprint density at radius 2 is 1.77 bits per heavy atom. The normalized spacial score (nSPS) is 11.6. The lowest BCUT2D eigenvalue weighted by atomic mass is 10.1. The number of ether oxygens (including phenoxy) is 1. The van der Waals surface area contributed by atoms with Gasteiger partial charge in [0.15, 0.2) is 6.10 Å². The predicted molar refractivity (Wildman–Crippen MR) is 98.6 cm³/mol. The number of fused-ring (bicyclic) bond motifs is 1. The van der Waals surface area contributed by atoms with Gasteiger partial charge in [0.1, 0.15) is 5.75 Å². The van der Waals surface area contributed by atoms with Gasteiger partial charge in [-0.1, -0.05) is 30.3 Å². The maximum absolute atomic E-state index is 12.1. The average molecular weight is 349 g/mol. The Bertz CT molecular complexity index is 938. The molecule has 132 valence electrons. The predicted octanol–water partition coefficient (Wildman–Crippen LogP) is 2.77. The first kappa shape index (κ1) is 17.4. The van der Waals surface area contributed by atoms with Crippen molar-refractivity contribution in [2.24, 2.45) is 0 Å². The largest absolute Gasteiger partial charge is 0.481 e. The monoisotopic (exact) mass is 349 g/mol. The molecule has 1 unspecified atom stereocenters. The van der Waals surface area contributed by atoms with Gasteiger partial charge in [0, 0.05) is 11.9 Å². The molecule has 0 aliphatic heterocycles. The second-order valence-electron chi connectivity index (χ2n) is 5.90. The van der Waals surface area contributed by atoms with Crippen molar-refractivity contribution >= 4 is 22.6 Å². The number of carbonyl (C=O) groups is 2. The van der Waals surface area contributed by atoms with Crippen LogP contribution in [0.5, 0.6) is 5.75 Å². The minimum Gasteiger partial charge on any atom is -0.481 e. The second-order valence-corrected chi connectivity index (χ2v) is 5.90. The molecule has 3 rings (SSSR count). The number of amides is 2. The molecule has 1 atom stereocenters. The highest BCUT2D eigenvalue weighted by Gasteiger charge is 2.16. The summed E-state index contributed by atoms with van der Waals surface area (Å²) in [5, 5.41) is 2.12. The third-order valence-electron chi connectivity index (χ3n) is 3.88. The molecular weight excluding hydrogens is 330 g/mol. The van der Waals surface area contributed by atoms with E-state index in [1.807, 2.05) is 49.4 Å². The molecule has 0 aliphatic rings. The number of hydrogen-bond donors (Lipinski definition) is 2. The molecule has 26 heavy (non-hydrogen) atoms. The van der Waals surface area contributed by atoms with Crippen molar-refractivity contribution in [3.05, 3.63) is 72.1 Å². The summed E-state index contributed by atoms with van der Waals surface area (Å²) in [5.41, 5.74) is 5.89. The van der Waals surface area contributed by atoms with Crippen LogP contribution in [0.4, 0.5) is 0 Å². The van der Waals surface area contributed by atoms with Crippen molar-refractivity contribution in [2.75, 3.05) is 0 Å². The fraction of sp³-hybridized carbons (Fsp3) is 0.150. The van der Waals surface area contributed by atoms with Gasteiger partial charge in [0.05, 0.1) is 5.56 Å². The van der Waals surface area contributed by atoms with Gasteiger partial charge in [-0.3, -0.25) is 25.4 Å². The Morgan fingerprint density at radius 3 is 2.50 bits per heavy atom. The van der Waals surface area contributed by atoms with Crippen LogP contribution < -0.4 is 15.6 Å². The first-order valence-electron chi connectivity index (χ1n) is 8.21. The molecule has 6 heteroatoms. The van der Waals surface area contributed by atoms with Gasteiger partial charge in [-0.15, -0.1) is 0 Å². The molecule has 3 aromatic rings. The van der Waals surface area contributed by atoms with E-state index in [0.717, 1.165) is 16.5 Å². The summed E-state index contributed by atoms with van der Waals surface area (Å²) in [6, 6.07) is 16.9. The van der Waals surface area contributed by atoms with E-state index in [4.69, 9.17) is 4.74 Å². The maximum atomic E-state index is 12.1. The molecule has 2 N–H and O–H groups in total. The number of pyridine rings is 1. The van der Waals surface area contributed by atoms with Crippen molar-refractivity contribution in [3.63, 3.8) is 0 Å². The molecule has 1 heterocycles. The molecule has 0 saturated heterocycles. The highest BCUT2D eigenvalue weighted by molar-refractivity contribution is 5.95. The third kappa shape index (κ3) is 4.16. The number of aryl methyl sites for hydroxylation is 1. The Kier molecular flexibility index (Phi) is 5.12. The van der Waals surface area contributed by atoms with E-state index in [9.17, 15) is 9.59 Å². The zero-order chi connectivity index (χ0) is 18.5. The molecular formula is C20H19N3O3. The summed E-state index contributed by atoms with van der Waals surface area (Å²) in [4.78, 5) is 28.2. The van der Waals surface area contributed by atoms with Gasteiger partial charge < -0.3 is 4.74 Å². The summed E-state index contributed by atoms with van der Waals surface area (Å²) < 4.78 is 5.66. The number of aromatic nitrogens is 1. The van der Waals surface area contributed by atoms with Crippen LogP contribution in [-0.2, 0) is 4.79 Å². The maximum Gasteiger partial charge on any atom is 0.279 e. The lowest BCUT2D eigenvalue weighted by Crippen LogP contribution is -2.47. The topological polar surface area (TPSA) is 80.3 Å². The Labute approximate surface area is 151 Å². The van der Waals surface area contributed by atoms with Crippen LogP contribution in [0.1, 0.15) is 23.0 Å². The number of nitrogens with one attached hydrogen (secondary N) is 2. The third-order valence-corrected chi connectivity index (χ3v) is 3.88. The van der Waals surface area contributed by atoms with Crippen LogP contribution in [0.3, 0.4) is 0 Å². The van der Waals surface area contributed by atoms with Crippen LogP contribution in [0.25, 0.3) is 10.8 Å². The highest BCUT2D eigenvalue weighted by atomic mass is 16.5. The zero-order valence-corrected chi connectivity index (χ0v) is 14.5. The first-order chi connectivity index (χ1) is 12.5. The Morgan fingerprint density at radius 1 is 1.00 bits per heavy atom. The highest BCUT2D eigenvalue weighted by Crippen LogP contribution is 2.21. The number of hydrogen-bond acceptors (Lipinski definition) is 4. The molecule has 0 saturated carbocycles. The number of hydrazine groups is 1. The summed E-state index contributed by atoms with van der Waals surface area (Å²) in [6.07, 6.45) is 0.679. The van der Waals surface area contributed by atoms with Gasteiger partial charge in [-0.2, -0.15) is 0 Å².